The Bertz CT molecular complexity index is 1100. The Morgan fingerprint density at radius 2 is 1.67 bits per heavy atom. The van der Waals surface area contributed by atoms with Crippen LogP contribution in [0, 0.1) is 6.92 Å². The second-order valence-corrected chi connectivity index (χ2v) is 9.07. The molecule has 0 aliphatic rings. The molecule has 0 saturated carbocycles. The molecule has 1 atom stereocenters. The van der Waals surface area contributed by atoms with E-state index in [0.29, 0.717) is 12.1 Å². The summed E-state index contributed by atoms with van der Waals surface area (Å²) >= 11 is 1.33. The van der Waals surface area contributed by atoms with Crippen LogP contribution in [0.25, 0.3) is 11.1 Å². The van der Waals surface area contributed by atoms with Gasteiger partial charge in [0, 0.05) is 16.6 Å². The maximum Gasteiger partial charge on any atom is 0.321 e. The summed E-state index contributed by atoms with van der Waals surface area (Å²) in [6, 6.07) is 22.5. The number of benzene rings is 3. The van der Waals surface area contributed by atoms with Crippen molar-refractivity contribution in [3.63, 3.8) is 0 Å². The fourth-order valence-corrected chi connectivity index (χ4v) is 4.13. The minimum atomic E-state index is -0.891. The predicted molar refractivity (Wildman–Crippen MR) is 134 cm³/mol. The summed E-state index contributed by atoms with van der Waals surface area (Å²) in [5, 5.41) is 15.3. The van der Waals surface area contributed by atoms with Crippen LogP contribution in [0.1, 0.15) is 25.0 Å². The summed E-state index contributed by atoms with van der Waals surface area (Å²) in [6.45, 7) is 5.82. The molecular formula is C26H29N3O3S. The van der Waals surface area contributed by atoms with Gasteiger partial charge < -0.3 is 15.7 Å². The first-order valence-electron chi connectivity index (χ1n) is 10.8. The van der Waals surface area contributed by atoms with Crippen LogP contribution in [0.5, 0.6) is 0 Å². The Hall–Kier alpha value is -3.29. The third-order valence-electron chi connectivity index (χ3n) is 4.87. The summed E-state index contributed by atoms with van der Waals surface area (Å²) < 4.78 is 3.07. The number of carboxylic acid groups (broad SMARTS) is 1. The van der Waals surface area contributed by atoms with E-state index in [4.69, 9.17) is 0 Å². The Kier molecular flexibility index (Phi) is 8.52. The Balaban J connectivity index is 1.64. The molecule has 1 unspecified atom stereocenters. The van der Waals surface area contributed by atoms with Crippen molar-refractivity contribution in [3.8, 4) is 11.1 Å². The lowest BCUT2D eigenvalue weighted by atomic mass is 10.0. The van der Waals surface area contributed by atoms with Gasteiger partial charge in [-0.15, -0.1) is 0 Å². The molecule has 2 amide bonds. The zero-order valence-electron chi connectivity index (χ0n) is 19.0. The molecule has 0 spiro atoms. The molecule has 172 valence electrons. The molecule has 0 aliphatic heterocycles. The molecule has 0 radical (unpaired) electrons. The van der Waals surface area contributed by atoms with Gasteiger partial charge in [0.2, 0.25) is 0 Å². The van der Waals surface area contributed by atoms with Crippen LogP contribution in [0.15, 0.2) is 77.7 Å². The molecule has 33 heavy (non-hydrogen) atoms. The van der Waals surface area contributed by atoms with Gasteiger partial charge in [0.25, 0.3) is 0 Å². The van der Waals surface area contributed by atoms with Crippen LogP contribution in [-0.2, 0) is 11.2 Å². The van der Waals surface area contributed by atoms with Gasteiger partial charge in [0.1, 0.15) is 6.04 Å². The van der Waals surface area contributed by atoms with Gasteiger partial charge in [0.05, 0.1) is 0 Å². The topological polar surface area (TPSA) is 90.5 Å². The van der Waals surface area contributed by atoms with E-state index in [1.54, 1.807) is 0 Å². The van der Waals surface area contributed by atoms with Gasteiger partial charge in [0.15, 0.2) is 0 Å². The maximum atomic E-state index is 12.0. The summed E-state index contributed by atoms with van der Waals surface area (Å²) in [6.07, 6.45) is 0.366. The quantitative estimate of drug-likeness (QED) is 0.315. The lowest BCUT2D eigenvalue weighted by molar-refractivity contribution is -0.138. The van der Waals surface area contributed by atoms with Crippen molar-refractivity contribution >= 4 is 29.6 Å². The number of aryl methyl sites for hydroxylation is 1. The van der Waals surface area contributed by atoms with Crippen molar-refractivity contribution in [2.24, 2.45) is 0 Å². The maximum absolute atomic E-state index is 12.0. The van der Waals surface area contributed by atoms with Crippen molar-refractivity contribution in [2.75, 3.05) is 5.32 Å². The fourth-order valence-electron chi connectivity index (χ4n) is 3.27. The van der Waals surface area contributed by atoms with Crippen molar-refractivity contribution in [2.45, 2.75) is 44.2 Å². The monoisotopic (exact) mass is 463 g/mol. The minimum Gasteiger partial charge on any atom is -0.480 e. The van der Waals surface area contributed by atoms with E-state index in [2.05, 4.69) is 15.4 Å². The Morgan fingerprint density at radius 3 is 2.33 bits per heavy atom. The molecule has 3 rings (SSSR count). The number of anilines is 1. The van der Waals surface area contributed by atoms with Crippen LogP contribution < -0.4 is 15.4 Å². The predicted octanol–water partition coefficient (Wildman–Crippen LogP) is 5.48. The second kappa shape index (κ2) is 11.5. The van der Waals surface area contributed by atoms with Crippen LogP contribution in [0.2, 0.25) is 0 Å². The summed E-state index contributed by atoms with van der Waals surface area (Å²) in [7, 11) is 0. The van der Waals surface area contributed by atoms with Crippen molar-refractivity contribution in [1.29, 1.82) is 0 Å². The number of rotatable bonds is 9. The number of amides is 2. The molecule has 3 aromatic rings. The van der Waals surface area contributed by atoms with Crippen LogP contribution in [0.4, 0.5) is 10.5 Å². The minimum absolute atomic E-state index is 0.0556. The molecule has 0 fully saturated rings. The fraction of sp³-hybridized carbons (Fsp3) is 0.231. The number of nitrogens with one attached hydrogen (secondary N) is 3. The Labute approximate surface area is 198 Å². The first-order chi connectivity index (χ1) is 15.8. The third-order valence-corrected chi connectivity index (χ3v) is 5.77. The number of carbonyl (C=O) groups is 2. The van der Waals surface area contributed by atoms with Crippen LogP contribution in [0.3, 0.4) is 0 Å². The van der Waals surface area contributed by atoms with Gasteiger partial charge in [-0.2, -0.15) is 0 Å². The normalized spacial score (nSPS) is 11.8. The average molecular weight is 464 g/mol. The van der Waals surface area contributed by atoms with Gasteiger partial charge in [-0.1, -0.05) is 48.5 Å². The highest BCUT2D eigenvalue weighted by molar-refractivity contribution is 7.97. The molecule has 0 saturated heterocycles. The molecule has 6 nitrogen and oxygen atoms in total. The van der Waals surface area contributed by atoms with E-state index in [1.807, 2.05) is 93.6 Å². The standard InChI is InChI=1S/C26H29N3O3S/c1-17(2)27-26(32)28-22-8-5-7-21(16-22)20-12-10-19(11-13-20)15-24(25(30)31)29-33-23-9-4-6-18(3)14-23/h4-14,16-17,24,29H,15H2,1-3H3,(H,30,31)(H2,27,28,32). The second-order valence-electron chi connectivity index (χ2n) is 8.16. The van der Waals surface area contributed by atoms with E-state index >= 15 is 0 Å². The van der Waals surface area contributed by atoms with Gasteiger partial charge in [-0.3, -0.25) is 4.79 Å². The zero-order chi connectivity index (χ0) is 23.8. The van der Waals surface area contributed by atoms with E-state index in [9.17, 15) is 14.7 Å². The van der Waals surface area contributed by atoms with E-state index in [1.165, 1.54) is 11.9 Å². The summed E-state index contributed by atoms with van der Waals surface area (Å²) in [5.74, 6) is -0.891. The van der Waals surface area contributed by atoms with Crippen molar-refractivity contribution in [3.05, 3.63) is 83.9 Å². The highest BCUT2D eigenvalue weighted by Gasteiger charge is 2.18. The molecule has 0 heterocycles. The number of carboxylic acids is 1. The SMILES string of the molecule is Cc1cccc(SNC(Cc2ccc(-c3cccc(NC(=O)NC(C)C)c3)cc2)C(=O)O)c1. The molecule has 3 aromatic carbocycles. The van der Waals surface area contributed by atoms with Crippen molar-refractivity contribution < 1.29 is 14.7 Å². The average Bonchev–Trinajstić information content (AvgIpc) is 2.76. The van der Waals surface area contributed by atoms with Gasteiger partial charge >= 0.3 is 12.0 Å². The smallest absolute Gasteiger partial charge is 0.321 e. The largest absolute Gasteiger partial charge is 0.480 e. The van der Waals surface area contributed by atoms with E-state index in [0.717, 1.165) is 27.1 Å². The number of carbonyl (C=O) groups excluding carboxylic acids is 1. The number of hydrogen-bond donors (Lipinski definition) is 4. The highest BCUT2D eigenvalue weighted by atomic mass is 32.2. The Morgan fingerprint density at radius 1 is 0.939 bits per heavy atom. The van der Waals surface area contributed by atoms with Gasteiger partial charge in [-0.05, 0) is 85.7 Å². The molecular weight excluding hydrogens is 434 g/mol. The highest BCUT2D eigenvalue weighted by Crippen LogP contribution is 2.24. The summed E-state index contributed by atoms with van der Waals surface area (Å²) in [4.78, 5) is 24.7. The van der Waals surface area contributed by atoms with Crippen LogP contribution in [-0.4, -0.2) is 29.2 Å². The van der Waals surface area contributed by atoms with E-state index < -0.39 is 12.0 Å². The first kappa shape index (κ1) is 24.4. The molecule has 0 aliphatic carbocycles. The lowest BCUT2D eigenvalue weighted by Crippen LogP contribution is -2.34. The van der Waals surface area contributed by atoms with E-state index in [-0.39, 0.29) is 12.1 Å². The van der Waals surface area contributed by atoms with Gasteiger partial charge in [-0.25, -0.2) is 9.52 Å². The third kappa shape index (κ3) is 7.66. The van der Waals surface area contributed by atoms with Crippen molar-refractivity contribution in [1.82, 2.24) is 10.0 Å². The number of urea groups is 1. The first-order valence-corrected chi connectivity index (χ1v) is 11.6. The number of hydrogen-bond acceptors (Lipinski definition) is 4. The molecule has 4 N–H and O–H groups in total. The number of aliphatic carboxylic acids is 1. The molecule has 7 heteroatoms. The summed E-state index contributed by atoms with van der Waals surface area (Å²) in [5.41, 5.74) is 4.71. The lowest BCUT2D eigenvalue weighted by Gasteiger charge is -2.15. The zero-order valence-corrected chi connectivity index (χ0v) is 19.8. The molecule has 0 bridgehead atoms. The molecule has 0 aromatic heterocycles. The van der Waals surface area contributed by atoms with Crippen LogP contribution >= 0.6 is 11.9 Å².